The van der Waals surface area contributed by atoms with E-state index in [4.69, 9.17) is 10.5 Å². The lowest BCUT2D eigenvalue weighted by Gasteiger charge is -2.34. The van der Waals surface area contributed by atoms with Crippen LogP contribution in [0.4, 0.5) is 10.1 Å². The van der Waals surface area contributed by atoms with Gasteiger partial charge in [0.1, 0.15) is 11.6 Å². The van der Waals surface area contributed by atoms with Crippen LogP contribution in [0.1, 0.15) is 16.5 Å². The maximum atomic E-state index is 13.4. The maximum Gasteiger partial charge on any atom is 0.260 e. The van der Waals surface area contributed by atoms with Crippen LogP contribution >= 0.6 is 11.3 Å². The van der Waals surface area contributed by atoms with Gasteiger partial charge >= 0.3 is 0 Å². The number of ether oxygens (including phenoxy) is 1. The van der Waals surface area contributed by atoms with Gasteiger partial charge in [-0.1, -0.05) is 30.3 Å². The summed E-state index contributed by atoms with van der Waals surface area (Å²) in [5.41, 5.74) is 6.93. The minimum absolute atomic E-state index is 0.0211. The number of para-hydroxylation sites is 2. The Morgan fingerprint density at radius 1 is 1.17 bits per heavy atom. The summed E-state index contributed by atoms with van der Waals surface area (Å²) in [7, 11) is 0. The molecule has 3 N–H and O–H groups in total. The molecule has 6 nitrogen and oxygen atoms in total. The molecule has 1 aliphatic heterocycles. The number of nitrogens with one attached hydrogen (secondary N) is 1. The van der Waals surface area contributed by atoms with Gasteiger partial charge in [0.25, 0.3) is 5.91 Å². The van der Waals surface area contributed by atoms with Gasteiger partial charge in [-0.15, -0.1) is 11.3 Å². The molecule has 154 valence electrons. The summed E-state index contributed by atoms with van der Waals surface area (Å²) in [5.74, 6) is -0.651. The number of benzene rings is 2. The Morgan fingerprint density at radius 2 is 1.93 bits per heavy atom. The number of primary amides is 1. The number of thiophene rings is 1. The molecule has 2 heterocycles. The Bertz CT molecular complexity index is 1040. The summed E-state index contributed by atoms with van der Waals surface area (Å²) < 4.78 is 19.0. The number of anilines is 1. The number of nitrogens with two attached hydrogens (primary N) is 1. The number of carbonyl (C=O) groups is 2. The molecule has 4 rings (SSSR count). The van der Waals surface area contributed by atoms with Crippen molar-refractivity contribution in [3.8, 4) is 5.75 Å². The molecule has 0 saturated heterocycles. The van der Waals surface area contributed by atoms with Crippen LogP contribution in [0.5, 0.6) is 5.75 Å². The summed E-state index contributed by atoms with van der Waals surface area (Å²) in [4.78, 5) is 27.4. The maximum absolute atomic E-state index is 13.4. The van der Waals surface area contributed by atoms with Gasteiger partial charge in [-0.25, -0.2) is 4.39 Å². The van der Waals surface area contributed by atoms with E-state index in [0.29, 0.717) is 5.75 Å². The molecule has 0 unspecified atom stereocenters. The SMILES string of the molecule is NC(=O)[C@H]1CN(CC(=O)N[C@@H](c2ccc(F)cc2)c2cccs2)c2ccccc2O1. The van der Waals surface area contributed by atoms with Gasteiger partial charge < -0.3 is 20.7 Å². The quantitative estimate of drug-likeness (QED) is 0.636. The van der Waals surface area contributed by atoms with Crippen LogP contribution in [0.15, 0.2) is 66.0 Å². The van der Waals surface area contributed by atoms with Crippen LogP contribution in [-0.4, -0.2) is 31.0 Å². The highest BCUT2D eigenvalue weighted by Gasteiger charge is 2.30. The summed E-state index contributed by atoms with van der Waals surface area (Å²) in [6.45, 7) is 0.202. The molecular formula is C22H20FN3O3S. The number of rotatable bonds is 6. The minimum Gasteiger partial charge on any atom is -0.477 e. The fourth-order valence-corrected chi connectivity index (χ4v) is 4.22. The molecule has 0 radical (unpaired) electrons. The third-order valence-corrected chi connectivity index (χ3v) is 5.79. The van der Waals surface area contributed by atoms with Gasteiger partial charge in [0, 0.05) is 4.88 Å². The fourth-order valence-electron chi connectivity index (χ4n) is 3.41. The van der Waals surface area contributed by atoms with E-state index < -0.39 is 18.1 Å². The van der Waals surface area contributed by atoms with Crippen molar-refractivity contribution in [2.45, 2.75) is 12.1 Å². The second-order valence-electron chi connectivity index (χ2n) is 6.92. The second-order valence-corrected chi connectivity index (χ2v) is 7.90. The van der Waals surface area contributed by atoms with Crippen molar-refractivity contribution in [3.63, 3.8) is 0 Å². The number of nitrogens with zero attached hydrogens (tertiary/aromatic N) is 1. The predicted molar refractivity (Wildman–Crippen MR) is 113 cm³/mol. The highest BCUT2D eigenvalue weighted by atomic mass is 32.1. The lowest BCUT2D eigenvalue weighted by molar-refractivity contribution is -0.125. The van der Waals surface area contributed by atoms with E-state index >= 15 is 0 Å². The van der Waals surface area contributed by atoms with Gasteiger partial charge in [-0.3, -0.25) is 9.59 Å². The van der Waals surface area contributed by atoms with Crippen molar-refractivity contribution in [3.05, 3.63) is 82.3 Å². The normalized spacial score (nSPS) is 16.3. The van der Waals surface area contributed by atoms with Crippen LogP contribution in [-0.2, 0) is 9.59 Å². The van der Waals surface area contributed by atoms with Crippen LogP contribution in [0, 0.1) is 5.82 Å². The van der Waals surface area contributed by atoms with Gasteiger partial charge in [-0.2, -0.15) is 0 Å². The Morgan fingerprint density at radius 3 is 2.63 bits per heavy atom. The summed E-state index contributed by atoms with van der Waals surface area (Å²) >= 11 is 1.51. The first-order valence-corrected chi connectivity index (χ1v) is 10.3. The third kappa shape index (κ3) is 4.28. The molecule has 3 aromatic rings. The molecule has 30 heavy (non-hydrogen) atoms. The summed E-state index contributed by atoms with van der Waals surface area (Å²) in [5, 5.41) is 4.95. The zero-order valence-electron chi connectivity index (χ0n) is 16.0. The Kier molecular flexibility index (Phi) is 5.67. The monoisotopic (exact) mass is 425 g/mol. The van der Waals surface area contributed by atoms with Crippen molar-refractivity contribution >= 4 is 28.8 Å². The predicted octanol–water partition coefficient (Wildman–Crippen LogP) is 2.85. The van der Waals surface area contributed by atoms with Gasteiger partial charge in [0.05, 0.1) is 24.8 Å². The van der Waals surface area contributed by atoms with Crippen molar-refractivity contribution in [2.75, 3.05) is 18.0 Å². The first-order valence-electron chi connectivity index (χ1n) is 9.39. The van der Waals surface area contributed by atoms with E-state index in [2.05, 4.69) is 5.32 Å². The number of hydrogen-bond donors (Lipinski definition) is 2. The molecule has 1 aromatic heterocycles. The molecule has 0 fully saturated rings. The number of fused-ring (bicyclic) bond motifs is 1. The minimum atomic E-state index is -0.835. The van der Waals surface area contributed by atoms with Crippen molar-refractivity contribution < 1.29 is 18.7 Å². The average molecular weight is 425 g/mol. The van der Waals surface area contributed by atoms with E-state index in [1.54, 1.807) is 29.2 Å². The second kappa shape index (κ2) is 8.54. The van der Waals surface area contributed by atoms with Crippen molar-refractivity contribution in [1.82, 2.24) is 5.32 Å². The standard InChI is InChI=1S/C22H20FN3O3S/c23-15-9-7-14(8-10-15)21(19-6-3-11-30-19)25-20(27)13-26-12-18(22(24)28)29-17-5-2-1-4-16(17)26/h1-11,18,21H,12-13H2,(H2,24,28)(H,25,27)/t18-,21+/m1/s1. The molecular weight excluding hydrogens is 405 g/mol. The third-order valence-electron chi connectivity index (χ3n) is 4.85. The van der Waals surface area contributed by atoms with Crippen molar-refractivity contribution in [2.24, 2.45) is 5.73 Å². The summed E-state index contributed by atoms with van der Waals surface area (Å²) in [6.07, 6.45) is -0.835. The van der Waals surface area contributed by atoms with E-state index in [9.17, 15) is 14.0 Å². The van der Waals surface area contributed by atoms with Gasteiger partial charge in [-0.05, 0) is 41.3 Å². The van der Waals surface area contributed by atoms with E-state index in [0.717, 1.165) is 16.1 Å². The van der Waals surface area contributed by atoms with Crippen LogP contribution in [0.3, 0.4) is 0 Å². The van der Waals surface area contributed by atoms with E-state index in [1.807, 2.05) is 29.6 Å². The van der Waals surface area contributed by atoms with Crippen LogP contribution < -0.4 is 20.7 Å². The molecule has 0 aliphatic carbocycles. The molecule has 2 amide bonds. The zero-order chi connectivity index (χ0) is 21.1. The van der Waals surface area contributed by atoms with E-state index in [-0.39, 0.29) is 24.8 Å². The Balaban J connectivity index is 1.55. The molecule has 2 atom stereocenters. The highest BCUT2D eigenvalue weighted by Crippen LogP contribution is 2.33. The van der Waals surface area contributed by atoms with Crippen molar-refractivity contribution in [1.29, 1.82) is 0 Å². The molecule has 0 spiro atoms. The molecule has 1 aliphatic rings. The zero-order valence-corrected chi connectivity index (χ0v) is 16.8. The van der Waals surface area contributed by atoms with Gasteiger partial charge in [0.2, 0.25) is 5.91 Å². The average Bonchev–Trinajstić information content (AvgIpc) is 3.27. The lowest BCUT2D eigenvalue weighted by atomic mass is 10.1. The highest BCUT2D eigenvalue weighted by molar-refractivity contribution is 7.10. The molecule has 8 heteroatoms. The topological polar surface area (TPSA) is 84.7 Å². The smallest absolute Gasteiger partial charge is 0.260 e. The number of hydrogen-bond acceptors (Lipinski definition) is 5. The Hall–Kier alpha value is -3.39. The molecule has 2 aromatic carbocycles. The van der Waals surface area contributed by atoms with Crippen LogP contribution in [0.2, 0.25) is 0 Å². The largest absolute Gasteiger partial charge is 0.477 e. The van der Waals surface area contributed by atoms with Crippen LogP contribution in [0.25, 0.3) is 0 Å². The van der Waals surface area contributed by atoms with Gasteiger partial charge in [0.15, 0.2) is 6.10 Å². The lowest BCUT2D eigenvalue weighted by Crippen LogP contribution is -2.50. The first-order chi connectivity index (χ1) is 14.5. The summed E-state index contributed by atoms with van der Waals surface area (Å²) in [6, 6.07) is 16.7. The molecule has 0 bridgehead atoms. The Labute approximate surface area is 177 Å². The fraction of sp³-hybridized carbons (Fsp3) is 0.182. The number of amides is 2. The van der Waals surface area contributed by atoms with E-state index in [1.165, 1.54) is 23.5 Å². The number of halogens is 1. The molecule has 0 saturated carbocycles. The number of carbonyl (C=O) groups excluding carboxylic acids is 2. The first kappa shape index (κ1) is 19.9.